The predicted octanol–water partition coefficient (Wildman–Crippen LogP) is 6.15. The Kier molecular flexibility index (Phi) is 5.98. The Morgan fingerprint density at radius 1 is 1.00 bits per heavy atom. The van der Waals surface area contributed by atoms with Crippen LogP contribution in [0.4, 0.5) is 5.69 Å². The lowest BCUT2D eigenvalue weighted by Crippen LogP contribution is -2.20. The number of ether oxygens (including phenoxy) is 1. The van der Waals surface area contributed by atoms with Crippen molar-refractivity contribution in [3.05, 3.63) is 92.7 Å². The summed E-state index contributed by atoms with van der Waals surface area (Å²) in [5.74, 6) is 0.462. The van der Waals surface area contributed by atoms with Gasteiger partial charge in [0.15, 0.2) is 0 Å². The summed E-state index contributed by atoms with van der Waals surface area (Å²) in [5.41, 5.74) is 1.11. The third kappa shape index (κ3) is 4.29. The highest BCUT2D eigenvalue weighted by Crippen LogP contribution is 2.29. The Hall–Kier alpha value is -3.28. The average Bonchev–Trinajstić information content (AvgIpc) is 2.74. The predicted molar refractivity (Wildman–Crippen MR) is 126 cm³/mol. The van der Waals surface area contributed by atoms with E-state index in [2.05, 4.69) is 4.99 Å². The third-order valence-electron chi connectivity index (χ3n) is 4.70. The molecule has 0 fully saturated rings. The summed E-state index contributed by atoms with van der Waals surface area (Å²) in [4.78, 5) is 17.6. The normalized spacial score (nSPS) is 11.3. The van der Waals surface area contributed by atoms with Crippen molar-refractivity contribution in [2.45, 2.75) is 6.92 Å². The largest absolute Gasteiger partial charge is 0.494 e. The van der Waals surface area contributed by atoms with Gasteiger partial charge in [-0.05, 0) is 55.5 Å². The second-order valence-electron chi connectivity index (χ2n) is 6.74. The molecule has 4 rings (SSSR count). The van der Waals surface area contributed by atoms with Gasteiger partial charge in [0, 0.05) is 27.0 Å². The molecule has 4 aromatic rings. The smallest absolute Gasteiger partial charge is 0.265 e. The summed E-state index contributed by atoms with van der Waals surface area (Å²) in [7, 11) is 0. The molecule has 0 amide bonds. The first-order chi connectivity index (χ1) is 15.0. The van der Waals surface area contributed by atoms with E-state index >= 15 is 0 Å². The van der Waals surface area contributed by atoms with Crippen LogP contribution in [0.25, 0.3) is 16.5 Å². The molecule has 0 saturated heterocycles. The summed E-state index contributed by atoms with van der Waals surface area (Å²) < 4.78 is 6.72. The van der Waals surface area contributed by atoms with Gasteiger partial charge in [0.25, 0.3) is 5.56 Å². The molecule has 5 nitrogen and oxygen atoms in total. The van der Waals surface area contributed by atoms with E-state index in [1.165, 1.54) is 10.8 Å². The Balaban J connectivity index is 1.90. The number of nitrogens with zero attached hydrogens (tertiary/aromatic N) is 2. The number of rotatable bonds is 5. The standard InChI is InChI=1S/C24H18Cl2N2O3/c1-2-31-19-9-7-18(8-10-19)28-23(29)21-6-4-3-5-20(21)22(24(28)30)14-27-17-12-15(25)11-16(26)13-17/h3-14,30H,2H2,1H3. The zero-order chi connectivity index (χ0) is 22.0. The number of aliphatic imine (C=N–C) groups is 1. The van der Waals surface area contributed by atoms with E-state index in [1.54, 1.807) is 66.7 Å². The minimum Gasteiger partial charge on any atom is -0.494 e. The lowest BCUT2D eigenvalue weighted by Gasteiger charge is -2.14. The van der Waals surface area contributed by atoms with Gasteiger partial charge in [0.05, 0.1) is 23.5 Å². The Bertz CT molecular complexity index is 1330. The van der Waals surface area contributed by atoms with E-state index in [0.717, 1.165) is 0 Å². The van der Waals surface area contributed by atoms with Crippen molar-refractivity contribution in [2.24, 2.45) is 4.99 Å². The van der Waals surface area contributed by atoms with Gasteiger partial charge in [-0.25, -0.2) is 4.57 Å². The first-order valence-corrected chi connectivity index (χ1v) is 10.3. The quantitative estimate of drug-likeness (QED) is 0.369. The molecule has 0 aliphatic heterocycles. The summed E-state index contributed by atoms with van der Waals surface area (Å²) in [5, 5.41) is 13.0. The van der Waals surface area contributed by atoms with E-state index in [1.807, 2.05) is 6.92 Å². The molecule has 0 atom stereocenters. The summed E-state index contributed by atoms with van der Waals surface area (Å²) in [6, 6.07) is 18.9. The first kappa shape index (κ1) is 21.0. The maximum Gasteiger partial charge on any atom is 0.265 e. The van der Waals surface area contributed by atoms with Gasteiger partial charge in [0.1, 0.15) is 5.75 Å². The second-order valence-corrected chi connectivity index (χ2v) is 7.61. The summed E-state index contributed by atoms with van der Waals surface area (Å²) in [6.45, 7) is 2.43. The van der Waals surface area contributed by atoms with Gasteiger partial charge in [-0.2, -0.15) is 0 Å². The SMILES string of the molecule is CCOc1ccc(-n2c(O)c(C=Nc3cc(Cl)cc(Cl)c3)c3ccccc3c2=O)cc1. The van der Waals surface area contributed by atoms with Crippen molar-refractivity contribution >= 4 is 45.9 Å². The van der Waals surface area contributed by atoms with E-state index in [4.69, 9.17) is 27.9 Å². The Morgan fingerprint density at radius 3 is 2.29 bits per heavy atom. The van der Waals surface area contributed by atoms with E-state index in [0.29, 0.717) is 50.1 Å². The second kappa shape index (κ2) is 8.84. The summed E-state index contributed by atoms with van der Waals surface area (Å²) in [6.07, 6.45) is 1.50. The molecule has 7 heteroatoms. The number of fused-ring (bicyclic) bond motifs is 1. The van der Waals surface area contributed by atoms with Crippen molar-refractivity contribution in [3.8, 4) is 17.3 Å². The number of hydrogen-bond donors (Lipinski definition) is 1. The van der Waals surface area contributed by atoms with Crippen molar-refractivity contribution < 1.29 is 9.84 Å². The summed E-state index contributed by atoms with van der Waals surface area (Å²) >= 11 is 12.1. The highest BCUT2D eigenvalue weighted by atomic mass is 35.5. The first-order valence-electron chi connectivity index (χ1n) is 9.58. The zero-order valence-corrected chi connectivity index (χ0v) is 18.1. The van der Waals surface area contributed by atoms with E-state index in [-0.39, 0.29) is 11.4 Å². The lowest BCUT2D eigenvalue weighted by atomic mass is 10.1. The number of pyridine rings is 1. The number of aromatic nitrogens is 1. The minimum absolute atomic E-state index is 0.218. The van der Waals surface area contributed by atoms with Crippen LogP contribution in [-0.2, 0) is 0 Å². The number of benzene rings is 3. The average molecular weight is 453 g/mol. The molecular weight excluding hydrogens is 435 g/mol. The molecule has 156 valence electrons. The van der Waals surface area contributed by atoms with Crippen LogP contribution < -0.4 is 10.3 Å². The fourth-order valence-electron chi connectivity index (χ4n) is 3.34. The monoisotopic (exact) mass is 452 g/mol. The minimum atomic E-state index is -0.333. The van der Waals surface area contributed by atoms with Crippen molar-refractivity contribution in [1.82, 2.24) is 4.57 Å². The van der Waals surface area contributed by atoms with Crippen LogP contribution in [-0.4, -0.2) is 22.5 Å². The Morgan fingerprint density at radius 2 is 1.65 bits per heavy atom. The van der Waals surface area contributed by atoms with Crippen LogP contribution in [0.2, 0.25) is 10.0 Å². The van der Waals surface area contributed by atoms with Gasteiger partial charge < -0.3 is 9.84 Å². The molecule has 1 N–H and O–H groups in total. The molecule has 0 bridgehead atoms. The van der Waals surface area contributed by atoms with Crippen LogP contribution in [0.1, 0.15) is 12.5 Å². The van der Waals surface area contributed by atoms with E-state index in [9.17, 15) is 9.90 Å². The lowest BCUT2D eigenvalue weighted by molar-refractivity contribution is 0.340. The molecule has 1 heterocycles. The van der Waals surface area contributed by atoms with Crippen LogP contribution in [0.3, 0.4) is 0 Å². The number of aromatic hydroxyl groups is 1. The van der Waals surface area contributed by atoms with Gasteiger partial charge >= 0.3 is 0 Å². The topological polar surface area (TPSA) is 63.8 Å². The highest BCUT2D eigenvalue weighted by Gasteiger charge is 2.16. The molecule has 31 heavy (non-hydrogen) atoms. The Labute approximate surface area is 188 Å². The van der Waals surface area contributed by atoms with Gasteiger partial charge in [-0.1, -0.05) is 41.4 Å². The molecule has 1 aromatic heterocycles. The molecule has 0 aliphatic rings. The van der Waals surface area contributed by atoms with Gasteiger partial charge in [-0.15, -0.1) is 0 Å². The molecule has 0 aliphatic carbocycles. The fraction of sp³-hybridized carbons (Fsp3) is 0.0833. The van der Waals surface area contributed by atoms with Crippen LogP contribution in [0.5, 0.6) is 11.6 Å². The highest BCUT2D eigenvalue weighted by molar-refractivity contribution is 6.35. The van der Waals surface area contributed by atoms with Crippen molar-refractivity contribution in [2.75, 3.05) is 6.61 Å². The number of halogens is 2. The molecule has 0 radical (unpaired) electrons. The molecule has 0 spiro atoms. The zero-order valence-electron chi connectivity index (χ0n) is 16.5. The fourth-order valence-corrected chi connectivity index (χ4v) is 3.85. The third-order valence-corrected chi connectivity index (χ3v) is 5.14. The van der Waals surface area contributed by atoms with Crippen LogP contribution in [0, 0.1) is 0 Å². The van der Waals surface area contributed by atoms with Gasteiger partial charge in [0.2, 0.25) is 5.88 Å². The van der Waals surface area contributed by atoms with Crippen molar-refractivity contribution in [1.29, 1.82) is 0 Å². The maximum absolute atomic E-state index is 13.2. The number of hydrogen-bond acceptors (Lipinski definition) is 4. The maximum atomic E-state index is 13.2. The molecule has 0 saturated carbocycles. The molecule has 3 aromatic carbocycles. The molecular formula is C24H18Cl2N2O3. The van der Waals surface area contributed by atoms with E-state index < -0.39 is 0 Å². The van der Waals surface area contributed by atoms with Crippen LogP contribution in [0.15, 0.2) is 76.5 Å². The van der Waals surface area contributed by atoms with Crippen LogP contribution >= 0.6 is 23.2 Å². The van der Waals surface area contributed by atoms with Crippen molar-refractivity contribution in [3.63, 3.8) is 0 Å². The van der Waals surface area contributed by atoms with Gasteiger partial charge in [-0.3, -0.25) is 9.79 Å². The molecule has 0 unspecified atom stereocenters.